The van der Waals surface area contributed by atoms with Gasteiger partial charge in [-0.05, 0) is 29.9 Å². The molecule has 2 heterocycles. The van der Waals surface area contributed by atoms with Crippen LogP contribution in [-0.4, -0.2) is 45.9 Å². The minimum atomic E-state index is -0.843. The summed E-state index contributed by atoms with van der Waals surface area (Å²) in [6.07, 6.45) is 3.48. The number of nitrogens with one attached hydrogen (secondary N) is 2. The van der Waals surface area contributed by atoms with E-state index in [2.05, 4.69) is 15.7 Å². The van der Waals surface area contributed by atoms with Crippen molar-refractivity contribution in [1.29, 1.82) is 0 Å². The van der Waals surface area contributed by atoms with Crippen molar-refractivity contribution in [3.8, 4) is 0 Å². The summed E-state index contributed by atoms with van der Waals surface area (Å²) in [4.78, 5) is 50.6. The number of nitrogens with zero attached hydrogens (tertiary/aromatic N) is 2. The van der Waals surface area contributed by atoms with Gasteiger partial charge < -0.3 is 15.4 Å². The largest absolute Gasteiger partial charge is 0.445 e. The molecule has 176 valence electrons. The van der Waals surface area contributed by atoms with Crippen molar-refractivity contribution < 1.29 is 23.9 Å². The van der Waals surface area contributed by atoms with Crippen molar-refractivity contribution in [2.24, 2.45) is 11.8 Å². The fourth-order valence-electron chi connectivity index (χ4n) is 3.77. The van der Waals surface area contributed by atoms with Gasteiger partial charge in [-0.2, -0.15) is 5.10 Å². The molecule has 9 heteroatoms. The van der Waals surface area contributed by atoms with Crippen LogP contribution < -0.4 is 10.6 Å². The van der Waals surface area contributed by atoms with Gasteiger partial charge in [0.05, 0.1) is 12.2 Å². The maximum Gasteiger partial charge on any atom is 0.408 e. The lowest BCUT2D eigenvalue weighted by Gasteiger charge is -2.23. The molecular formula is C24H30N4O5. The normalized spacial score (nSPS) is 17.6. The molecule has 0 saturated carbocycles. The number of benzene rings is 1. The number of hydrogen-bond donors (Lipinski definition) is 2. The number of carbonyl (C=O) groups is 4. The molecule has 2 bridgehead atoms. The van der Waals surface area contributed by atoms with E-state index in [0.29, 0.717) is 19.5 Å². The first-order valence-corrected chi connectivity index (χ1v) is 11.2. The van der Waals surface area contributed by atoms with Crippen LogP contribution in [0.25, 0.3) is 0 Å². The van der Waals surface area contributed by atoms with Gasteiger partial charge in [-0.25, -0.2) is 4.79 Å². The minimum Gasteiger partial charge on any atom is -0.445 e. The smallest absolute Gasteiger partial charge is 0.408 e. The van der Waals surface area contributed by atoms with Crippen LogP contribution in [0.5, 0.6) is 0 Å². The summed E-state index contributed by atoms with van der Waals surface area (Å²) in [7, 11) is 0. The molecule has 2 unspecified atom stereocenters. The van der Waals surface area contributed by atoms with Crippen molar-refractivity contribution in [2.45, 2.75) is 52.3 Å². The second-order valence-corrected chi connectivity index (χ2v) is 8.58. The van der Waals surface area contributed by atoms with Crippen molar-refractivity contribution in [3.63, 3.8) is 0 Å². The number of hydrogen-bond acceptors (Lipinski definition) is 6. The molecule has 1 aromatic carbocycles. The number of ether oxygens (including phenoxy) is 1. The van der Waals surface area contributed by atoms with Gasteiger partial charge in [0.25, 0.3) is 5.91 Å². The Kier molecular flexibility index (Phi) is 8.34. The number of amides is 2. The van der Waals surface area contributed by atoms with Crippen LogP contribution in [0.3, 0.4) is 0 Å². The Morgan fingerprint density at radius 1 is 1.24 bits per heavy atom. The standard InChI is InChI=1S/C24H30N4O5/c1-16(2)21(27-24(32)33-15-17-7-4-3-5-8-17)20(29)12-19-11-18-13-26-28(14-18)10-6-9-25-23(31)22(19)30/h3-5,7-8,13-14,16,19,21H,6,9-12,15H2,1-2H3,(H,25,31)(H,27,32). The number of rotatable bonds is 7. The first-order valence-electron chi connectivity index (χ1n) is 11.2. The zero-order valence-corrected chi connectivity index (χ0v) is 19.0. The number of Topliss-reactive ketones (excluding diaryl/α,β-unsaturated/α-hetero) is 2. The zero-order valence-electron chi connectivity index (χ0n) is 19.0. The molecule has 3 rings (SSSR count). The van der Waals surface area contributed by atoms with Crippen molar-refractivity contribution >= 4 is 23.6 Å². The lowest BCUT2D eigenvalue weighted by atomic mass is 9.87. The van der Waals surface area contributed by atoms with Crippen molar-refractivity contribution in [2.75, 3.05) is 6.54 Å². The van der Waals surface area contributed by atoms with Crippen molar-refractivity contribution in [3.05, 3.63) is 53.9 Å². The average Bonchev–Trinajstić information content (AvgIpc) is 3.24. The Bertz CT molecular complexity index is 986. The van der Waals surface area contributed by atoms with E-state index in [-0.39, 0.29) is 31.1 Å². The Balaban J connectivity index is 1.66. The average molecular weight is 455 g/mol. The molecule has 0 spiro atoms. The molecule has 2 amide bonds. The topological polar surface area (TPSA) is 119 Å². The van der Waals surface area contributed by atoms with Gasteiger partial charge in [0.15, 0.2) is 5.78 Å². The van der Waals surface area contributed by atoms with Crippen LogP contribution in [0.1, 0.15) is 37.8 Å². The Labute approximate surface area is 192 Å². The predicted molar refractivity (Wildman–Crippen MR) is 120 cm³/mol. The summed E-state index contributed by atoms with van der Waals surface area (Å²) >= 11 is 0. The number of carbonyl (C=O) groups excluding carboxylic acids is 4. The van der Waals surface area contributed by atoms with Gasteiger partial charge in [0.2, 0.25) is 5.78 Å². The van der Waals surface area contributed by atoms with E-state index in [9.17, 15) is 19.2 Å². The number of alkyl carbamates (subject to hydrolysis) is 1. The second-order valence-electron chi connectivity index (χ2n) is 8.58. The molecule has 1 aromatic heterocycles. The highest BCUT2D eigenvalue weighted by Crippen LogP contribution is 2.18. The second kappa shape index (κ2) is 11.4. The third-order valence-electron chi connectivity index (χ3n) is 5.56. The Morgan fingerprint density at radius 2 is 2.00 bits per heavy atom. The summed E-state index contributed by atoms with van der Waals surface area (Å²) in [6.45, 7) is 4.66. The highest BCUT2D eigenvalue weighted by atomic mass is 16.5. The molecule has 0 radical (unpaired) electrons. The van der Waals surface area contributed by atoms with Crippen LogP contribution >= 0.6 is 0 Å². The maximum atomic E-state index is 13.1. The van der Waals surface area contributed by atoms with Crippen LogP contribution in [-0.2, 0) is 38.7 Å². The highest BCUT2D eigenvalue weighted by Gasteiger charge is 2.33. The summed E-state index contributed by atoms with van der Waals surface area (Å²) in [6, 6.07) is 8.37. The van der Waals surface area contributed by atoms with E-state index in [4.69, 9.17) is 4.74 Å². The van der Waals surface area contributed by atoms with Crippen LogP contribution in [0, 0.1) is 11.8 Å². The van der Waals surface area contributed by atoms with E-state index in [1.165, 1.54) is 0 Å². The molecule has 1 aliphatic heterocycles. The van der Waals surface area contributed by atoms with E-state index < -0.39 is 29.7 Å². The quantitative estimate of drug-likeness (QED) is 0.618. The third kappa shape index (κ3) is 7.00. The minimum absolute atomic E-state index is 0.0803. The molecule has 0 aliphatic carbocycles. The first kappa shape index (κ1) is 24.2. The van der Waals surface area contributed by atoms with E-state index in [1.807, 2.05) is 36.5 Å². The molecule has 2 atom stereocenters. The van der Waals surface area contributed by atoms with Crippen LogP contribution in [0.4, 0.5) is 4.79 Å². The number of aryl methyl sites for hydroxylation is 1. The first-order chi connectivity index (χ1) is 15.8. The van der Waals surface area contributed by atoms with Gasteiger partial charge in [-0.15, -0.1) is 0 Å². The SMILES string of the molecule is CC(C)C(NC(=O)OCc1ccccc1)C(=O)CC1Cc2cnn(c2)CCCNC(=O)C1=O. The molecule has 0 saturated heterocycles. The van der Waals surface area contributed by atoms with Gasteiger partial charge in [-0.3, -0.25) is 19.1 Å². The fraction of sp³-hybridized carbons (Fsp3) is 0.458. The molecule has 1 aliphatic rings. The Morgan fingerprint density at radius 3 is 2.73 bits per heavy atom. The third-order valence-corrected chi connectivity index (χ3v) is 5.56. The molecule has 2 aromatic rings. The number of ketones is 2. The number of fused-ring (bicyclic) bond motifs is 2. The fourth-order valence-corrected chi connectivity index (χ4v) is 3.77. The maximum absolute atomic E-state index is 13.1. The van der Waals surface area contributed by atoms with Gasteiger partial charge >= 0.3 is 6.09 Å². The predicted octanol–water partition coefficient (Wildman–Crippen LogP) is 2.04. The van der Waals surface area contributed by atoms with Gasteiger partial charge in [0.1, 0.15) is 6.61 Å². The van der Waals surface area contributed by atoms with E-state index >= 15 is 0 Å². The van der Waals surface area contributed by atoms with Crippen molar-refractivity contribution in [1.82, 2.24) is 20.4 Å². The van der Waals surface area contributed by atoms with Crippen LogP contribution in [0.15, 0.2) is 42.7 Å². The molecule has 9 nitrogen and oxygen atoms in total. The number of aromatic nitrogens is 2. The molecule has 33 heavy (non-hydrogen) atoms. The molecule has 0 fully saturated rings. The van der Waals surface area contributed by atoms with E-state index in [1.54, 1.807) is 24.7 Å². The monoisotopic (exact) mass is 454 g/mol. The lowest BCUT2D eigenvalue weighted by molar-refractivity contribution is -0.141. The summed E-state index contributed by atoms with van der Waals surface area (Å²) in [5.41, 5.74) is 1.61. The lowest BCUT2D eigenvalue weighted by Crippen LogP contribution is -2.46. The van der Waals surface area contributed by atoms with E-state index in [0.717, 1.165) is 11.1 Å². The van der Waals surface area contributed by atoms with Gasteiger partial charge in [-0.1, -0.05) is 44.2 Å². The van der Waals surface area contributed by atoms with Crippen LogP contribution in [0.2, 0.25) is 0 Å². The summed E-state index contributed by atoms with van der Waals surface area (Å²) in [5.74, 6) is -2.70. The summed E-state index contributed by atoms with van der Waals surface area (Å²) in [5, 5.41) is 9.51. The Hall–Kier alpha value is -3.49. The van der Waals surface area contributed by atoms with Gasteiger partial charge in [0, 0.05) is 31.6 Å². The zero-order chi connectivity index (χ0) is 23.8. The molecular weight excluding hydrogens is 424 g/mol. The molecule has 2 N–H and O–H groups in total. The summed E-state index contributed by atoms with van der Waals surface area (Å²) < 4.78 is 7.00. The highest BCUT2D eigenvalue weighted by molar-refractivity contribution is 6.37.